The fourth-order valence-corrected chi connectivity index (χ4v) is 4.02. The van der Waals surface area contributed by atoms with Gasteiger partial charge in [0.05, 0.1) is 26.2 Å². The Bertz CT molecular complexity index is 622. The SMILES string of the molecule is CCOc1ccc2c(c1)[C@H](C)CC(C)(C)N2C(=O)CC1OCCCO1. The quantitative estimate of drug-likeness (QED) is 0.830. The van der Waals surface area contributed by atoms with Crippen molar-refractivity contribution >= 4 is 11.6 Å². The Morgan fingerprint density at radius 2 is 2.04 bits per heavy atom. The van der Waals surface area contributed by atoms with Crippen LogP contribution >= 0.6 is 0 Å². The average Bonchev–Trinajstić information content (AvgIpc) is 2.56. The van der Waals surface area contributed by atoms with Crippen molar-refractivity contribution in [3.63, 3.8) is 0 Å². The molecule has 0 N–H and O–H groups in total. The van der Waals surface area contributed by atoms with Crippen LogP contribution < -0.4 is 9.64 Å². The van der Waals surface area contributed by atoms with Gasteiger partial charge in [-0.1, -0.05) is 6.92 Å². The summed E-state index contributed by atoms with van der Waals surface area (Å²) in [6.07, 6.45) is 1.63. The van der Waals surface area contributed by atoms with Crippen LogP contribution in [0.4, 0.5) is 5.69 Å². The molecular formula is C20H29NO4. The highest BCUT2D eigenvalue weighted by atomic mass is 16.7. The molecule has 2 aliphatic rings. The van der Waals surface area contributed by atoms with Crippen molar-refractivity contribution in [1.29, 1.82) is 0 Å². The Morgan fingerprint density at radius 1 is 1.32 bits per heavy atom. The molecule has 1 aromatic carbocycles. The number of fused-ring (bicyclic) bond motifs is 1. The van der Waals surface area contributed by atoms with Crippen LogP contribution in [0.5, 0.6) is 5.75 Å². The highest BCUT2D eigenvalue weighted by Crippen LogP contribution is 2.45. The van der Waals surface area contributed by atoms with E-state index in [0.717, 1.165) is 24.3 Å². The first-order valence-corrected chi connectivity index (χ1v) is 9.25. The second-order valence-electron chi connectivity index (χ2n) is 7.53. The van der Waals surface area contributed by atoms with Crippen molar-refractivity contribution in [3.05, 3.63) is 23.8 Å². The monoisotopic (exact) mass is 347 g/mol. The third kappa shape index (κ3) is 3.82. The van der Waals surface area contributed by atoms with E-state index in [9.17, 15) is 4.79 Å². The van der Waals surface area contributed by atoms with Crippen LogP contribution in [-0.2, 0) is 14.3 Å². The first-order chi connectivity index (χ1) is 11.9. The molecule has 138 valence electrons. The predicted octanol–water partition coefficient (Wildman–Crippen LogP) is 3.86. The topological polar surface area (TPSA) is 48.0 Å². The molecule has 0 radical (unpaired) electrons. The fourth-order valence-electron chi connectivity index (χ4n) is 4.02. The molecule has 0 aliphatic carbocycles. The molecule has 5 nitrogen and oxygen atoms in total. The summed E-state index contributed by atoms with van der Waals surface area (Å²) in [5.74, 6) is 1.28. The lowest BCUT2D eigenvalue weighted by Gasteiger charge is -2.46. The maximum absolute atomic E-state index is 13.1. The lowest BCUT2D eigenvalue weighted by Crippen LogP contribution is -2.52. The second kappa shape index (κ2) is 7.34. The number of rotatable bonds is 4. The van der Waals surface area contributed by atoms with Gasteiger partial charge < -0.3 is 19.1 Å². The minimum absolute atomic E-state index is 0.0502. The van der Waals surface area contributed by atoms with Gasteiger partial charge in [0, 0.05) is 11.2 Å². The van der Waals surface area contributed by atoms with Crippen molar-refractivity contribution in [2.45, 2.75) is 64.7 Å². The summed E-state index contributed by atoms with van der Waals surface area (Å²) in [7, 11) is 0. The van der Waals surface area contributed by atoms with E-state index in [1.165, 1.54) is 5.56 Å². The molecule has 5 heteroatoms. The van der Waals surface area contributed by atoms with Crippen LogP contribution in [-0.4, -0.2) is 37.6 Å². The van der Waals surface area contributed by atoms with E-state index >= 15 is 0 Å². The number of benzene rings is 1. The molecule has 0 aromatic heterocycles. The largest absolute Gasteiger partial charge is 0.494 e. The number of carbonyl (C=O) groups excluding carboxylic acids is 1. The van der Waals surface area contributed by atoms with E-state index < -0.39 is 6.29 Å². The Hall–Kier alpha value is -1.59. The molecule has 0 saturated carbocycles. The molecule has 1 aromatic rings. The van der Waals surface area contributed by atoms with E-state index in [2.05, 4.69) is 26.8 Å². The zero-order valence-corrected chi connectivity index (χ0v) is 15.7. The van der Waals surface area contributed by atoms with Gasteiger partial charge in [-0.2, -0.15) is 0 Å². The summed E-state index contributed by atoms with van der Waals surface area (Å²) in [5, 5.41) is 0. The standard InChI is InChI=1S/C20H29NO4/c1-5-23-15-7-8-17-16(11-15)14(2)13-20(3,4)21(17)18(22)12-19-24-9-6-10-25-19/h7-8,11,14,19H,5-6,9-10,12-13H2,1-4H3/t14-/m1/s1. The summed E-state index contributed by atoms with van der Waals surface area (Å²) in [6.45, 7) is 10.4. The summed E-state index contributed by atoms with van der Waals surface area (Å²) in [5.41, 5.74) is 1.91. The summed E-state index contributed by atoms with van der Waals surface area (Å²) in [6, 6.07) is 6.04. The molecule has 2 aliphatic heterocycles. The van der Waals surface area contributed by atoms with Crippen molar-refractivity contribution in [2.75, 3.05) is 24.7 Å². The van der Waals surface area contributed by atoms with Gasteiger partial charge in [-0.25, -0.2) is 0 Å². The number of nitrogens with zero attached hydrogens (tertiary/aromatic N) is 1. The van der Waals surface area contributed by atoms with Crippen LogP contribution in [0, 0.1) is 0 Å². The van der Waals surface area contributed by atoms with E-state index in [4.69, 9.17) is 14.2 Å². The Kier molecular flexibility index (Phi) is 5.35. The Morgan fingerprint density at radius 3 is 2.72 bits per heavy atom. The first-order valence-electron chi connectivity index (χ1n) is 9.25. The minimum Gasteiger partial charge on any atom is -0.494 e. The Labute approximate surface area is 150 Å². The summed E-state index contributed by atoms with van der Waals surface area (Å²) < 4.78 is 16.8. The number of carbonyl (C=O) groups is 1. The predicted molar refractivity (Wildman–Crippen MR) is 97.1 cm³/mol. The molecular weight excluding hydrogens is 318 g/mol. The van der Waals surface area contributed by atoms with Crippen molar-refractivity contribution < 1.29 is 19.0 Å². The van der Waals surface area contributed by atoms with Gasteiger partial charge >= 0.3 is 0 Å². The van der Waals surface area contributed by atoms with Gasteiger partial charge in [0.2, 0.25) is 5.91 Å². The molecule has 2 heterocycles. The van der Waals surface area contributed by atoms with Gasteiger partial charge in [-0.3, -0.25) is 4.79 Å². The minimum atomic E-state index is -0.428. The van der Waals surface area contributed by atoms with E-state index in [0.29, 0.717) is 25.7 Å². The van der Waals surface area contributed by atoms with Gasteiger partial charge in [0.1, 0.15) is 5.75 Å². The van der Waals surface area contributed by atoms with Gasteiger partial charge in [0.25, 0.3) is 0 Å². The van der Waals surface area contributed by atoms with Gasteiger partial charge in [-0.05, 0) is 63.3 Å². The zero-order valence-electron chi connectivity index (χ0n) is 15.7. The van der Waals surface area contributed by atoms with E-state index in [1.54, 1.807) is 0 Å². The summed E-state index contributed by atoms with van der Waals surface area (Å²) >= 11 is 0. The third-order valence-electron chi connectivity index (χ3n) is 4.98. The van der Waals surface area contributed by atoms with Crippen LogP contribution in [0.15, 0.2) is 18.2 Å². The highest BCUT2D eigenvalue weighted by molar-refractivity contribution is 5.96. The number of ether oxygens (including phenoxy) is 3. The smallest absolute Gasteiger partial charge is 0.232 e. The van der Waals surface area contributed by atoms with E-state index in [-0.39, 0.29) is 17.9 Å². The number of anilines is 1. The Balaban J connectivity index is 1.88. The maximum atomic E-state index is 13.1. The first kappa shape index (κ1) is 18.2. The molecule has 1 saturated heterocycles. The average molecular weight is 347 g/mol. The van der Waals surface area contributed by atoms with Crippen molar-refractivity contribution in [3.8, 4) is 5.75 Å². The van der Waals surface area contributed by atoms with E-state index in [1.807, 2.05) is 24.0 Å². The zero-order chi connectivity index (χ0) is 18.0. The number of hydrogen-bond donors (Lipinski definition) is 0. The highest BCUT2D eigenvalue weighted by Gasteiger charge is 2.40. The molecule has 0 unspecified atom stereocenters. The van der Waals surface area contributed by atoms with Gasteiger partial charge in [0.15, 0.2) is 6.29 Å². The lowest BCUT2D eigenvalue weighted by molar-refractivity contribution is -0.183. The van der Waals surface area contributed by atoms with Crippen molar-refractivity contribution in [2.24, 2.45) is 0 Å². The van der Waals surface area contributed by atoms with Crippen LogP contribution in [0.2, 0.25) is 0 Å². The van der Waals surface area contributed by atoms with Crippen LogP contribution in [0.1, 0.15) is 58.4 Å². The number of amides is 1. The molecule has 0 spiro atoms. The molecule has 1 atom stereocenters. The fraction of sp³-hybridized carbons (Fsp3) is 0.650. The molecule has 25 heavy (non-hydrogen) atoms. The number of hydrogen-bond acceptors (Lipinski definition) is 4. The normalized spacial score (nSPS) is 23.2. The van der Waals surface area contributed by atoms with Gasteiger partial charge in [-0.15, -0.1) is 0 Å². The van der Waals surface area contributed by atoms with Crippen LogP contribution in [0.25, 0.3) is 0 Å². The maximum Gasteiger partial charge on any atom is 0.232 e. The lowest BCUT2D eigenvalue weighted by atomic mass is 9.79. The molecule has 1 amide bonds. The second-order valence-corrected chi connectivity index (χ2v) is 7.53. The van der Waals surface area contributed by atoms with Crippen molar-refractivity contribution in [1.82, 2.24) is 0 Å². The molecule has 1 fully saturated rings. The van der Waals surface area contributed by atoms with Crippen LogP contribution in [0.3, 0.4) is 0 Å². The third-order valence-corrected chi connectivity index (χ3v) is 4.98. The molecule has 0 bridgehead atoms. The molecule has 3 rings (SSSR count). The summed E-state index contributed by atoms with van der Waals surface area (Å²) in [4.78, 5) is 15.0.